The van der Waals surface area contributed by atoms with Gasteiger partial charge in [0.15, 0.2) is 4.11 Å². The number of aryl methyl sites for hydroxylation is 1. The fourth-order valence-corrected chi connectivity index (χ4v) is 3.07. The van der Waals surface area contributed by atoms with Gasteiger partial charge in [-0.2, -0.15) is 0 Å². The van der Waals surface area contributed by atoms with Gasteiger partial charge in [0.2, 0.25) is 5.85 Å². The summed E-state index contributed by atoms with van der Waals surface area (Å²) < 4.78 is 22.2. The first kappa shape index (κ1) is 13.5. The summed E-state index contributed by atoms with van der Waals surface area (Å²) in [5.74, 6) is -2.17. The summed E-state index contributed by atoms with van der Waals surface area (Å²) in [7, 11) is 0. The quantitative estimate of drug-likeness (QED) is 0.400. The average molecular weight is 400 g/mol. The molecule has 0 radical (unpaired) electrons. The van der Waals surface area contributed by atoms with Crippen LogP contribution in [0.25, 0.3) is 17.0 Å². The third-order valence-electron chi connectivity index (χ3n) is 3.60. The van der Waals surface area contributed by atoms with E-state index in [4.69, 9.17) is 30.1 Å². The molecule has 2 aliphatic rings. The van der Waals surface area contributed by atoms with Gasteiger partial charge in [-0.1, -0.05) is 0 Å². The number of furan rings is 1. The third-order valence-corrected chi connectivity index (χ3v) is 4.83. The molecule has 2 aromatic rings. The Balaban J connectivity index is 1.82. The van der Waals surface area contributed by atoms with Crippen molar-refractivity contribution in [1.82, 2.24) is 0 Å². The fraction of sp³-hybridized carbons (Fsp3) is 0.286. The molecule has 1 aromatic carbocycles. The summed E-state index contributed by atoms with van der Waals surface area (Å²) >= 11 is 1.98. The van der Waals surface area contributed by atoms with E-state index in [-0.39, 0.29) is 0 Å². The second-order valence-corrected chi connectivity index (χ2v) is 6.32. The fourth-order valence-electron chi connectivity index (χ4n) is 2.59. The van der Waals surface area contributed by atoms with Crippen LogP contribution < -0.4 is 16.2 Å². The first-order valence-corrected chi connectivity index (χ1v) is 7.64. The molecule has 7 heteroatoms. The highest BCUT2D eigenvalue weighted by Gasteiger charge is 2.55. The van der Waals surface area contributed by atoms with Crippen LogP contribution >= 0.6 is 22.6 Å². The van der Waals surface area contributed by atoms with Crippen LogP contribution in [0.1, 0.15) is 11.1 Å². The summed E-state index contributed by atoms with van der Waals surface area (Å²) in [6.45, 7) is 1.92. The monoisotopic (exact) mass is 400 g/mol. The molecule has 21 heavy (non-hydrogen) atoms. The van der Waals surface area contributed by atoms with Gasteiger partial charge in [-0.3, -0.25) is 20.9 Å². The van der Waals surface area contributed by atoms with E-state index >= 15 is 0 Å². The molecule has 110 valence electrons. The molecule has 0 amide bonds. The minimum Gasteiger partial charge on any atom is -0.464 e. The summed E-state index contributed by atoms with van der Waals surface area (Å²) in [5.41, 5.74) is 14.3. The van der Waals surface area contributed by atoms with Crippen molar-refractivity contribution in [1.29, 1.82) is 0 Å². The highest BCUT2D eigenvalue weighted by molar-refractivity contribution is 14.1. The van der Waals surface area contributed by atoms with Gasteiger partial charge in [-0.15, -0.1) is 0 Å². The SMILES string of the molecule is Cc1c2c(cc3ccoc13)C=CC1(O2)OC(I)C(N)(N)O1. The topological polar surface area (TPSA) is 92.9 Å². The molecule has 3 heterocycles. The molecule has 6 nitrogen and oxygen atoms in total. The zero-order valence-electron chi connectivity index (χ0n) is 11.1. The Morgan fingerprint density at radius 2 is 2.14 bits per heavy atom. The predicted octanol–water partition coefficient (Wildman–Crippen LogP) is 2.18. The molecule has 0 saturated carbocycles. The van der Waals surface area contributed by atoms with Crippen LogP contribution in [0, 0.1) is 6.92 Å². The number of alkyl halides is 1. The molecular weight excluding hydrogens is 387 g/mol. The Morgan fingerprint density at radius 1 is 1.33 bits per heavy atom. The summed E-state index contributed by atoms with van der Waals surface area (Å²) in [6.07, 6.45) is 5.20. The van der Waals surface area contributed by atoms with E-state index in [0.717, 1.165) is 22.1 Å². The zero-order valence-corrected chi connectivity index (χ0v) is 13.3. The van der Waals surface area contributed by atoms with Crippen LogP contribution in [0.5, 0.6) is 5.75 Å². The molecule has 1 fully saturated rings. The van der Waals surface area contributed by atoms with Crippen molar-refractivity contribution in [2.45, 2.75) is 22.9 Å². The number of halogens is 1. The normalized spacial score (nSPS) is 29.8. The minimum absolute atomic E-state index is 0.533. The van der Waals surface area contributed by atoms with E-state index in [9.17, 15) is 0 Å². The van der Waals surface area contributed by atoms with Gasteiger partial charge < -0.3 is 9.15 Å². The van der Waals surface area contributed by atoms with Crippen molar-refractivity contribution in [3.63, 3.8) is 0 Å². The number of nitrogens with two attached hydrogens (primary N) is 2. The molecule has 0 bridgehead atoms. The maximum absolute atomic E-state index is 5.94. The Kier molecular flexibility index (Phi) is 2.71. The molecule has 1 saturated heterocycles. The van der Waals surface area contributed by atoms with Crippen molar-refractivity contribution in [3.8, 4) is 5.75 Å². The van der Waals surface area contributed by atoms with Gasteiger partial charge in [0, 0.05) is 22.6 Å². The van der Waals surface area contributed by atoms with Gasteiger partial charge >= 0.3 is 5.97 Å². The second-order valence-electron chi connectivity index (χ2n) is 5.19. The van der Waals surface area contributed by atoms with Gasteiger partial charge in [-0.05, 0) is 47.7 Å². The summed E-state index contributed by atoms with van der Waals surface area (Å²) in [5, 5.41) is 1.02. The van der Waals surface area contributed by atoms with Crippen LogP contribution in [-0.4, -0.2) is 15.9 Å². The van der Waals surface area contributed by atoms with Crippen LogP contribution in [0.15, 0.2) is 28.9 Å². The highest BCUT2D eigenvalue weighted by atomic mass is 127. The van der Waals surface area contributed by atoms with E-state index in [1.54, 1.807) is 12.3 Å². The average Bonchev–Trinajstić information content (AvgIpc) is 2.95. The van der Waals surface area contributed by atoms with Gasteiger partial charge in [-0.25, -0.2) is 0 Å². The van der Waals surface area contributed by atoms with Crippen LogP contribution in [0.4, 0.5) is 0 Å². The molecule has 2 atom stereocenters. The molecule has 4 N–H and O–H groups in total. The van der Waals surface area contributed by atoms with Crippen molar-refractivity contribution >= 4 is 39.6 Å². The summed E-state index contributed by atoms with van der Waals surface area (Å²) in [4.78, 5) is 0. The van der Waals surface area contributed by atoms with Crippen LogP contribution in [0.2, 0.25) is 0 Å². The molecule has 0 aliphatic carbocycles. The molecule has 1 aromatic heterocycles. The van der Waals surface area contributed by atoms with E-state index in [2.05, 4.69) is 0 Å². The first-order chi connectivity index (χ1) is 9.90. The minimum atomic E-state index is -1.41. The Hall–Kier alpha value is -1.13. The lowest BCUT2D eigenvalue weighted by atomic mass is 10.0. The van der Waals surface area contributed by atoms with Gasteiger partial charge in [0.05, 0.1) is 6.26 Å². The lowest BCUT2D eigenvalue weighted by molar-refractivity contribution is -0.270. The van der Waals surface area contributed by atoms with Crippen molar-refractivity contribution in [2.75, 3.05) is 0 Å². The van der Waals surface area contributed by atoms with Crippen molar-refractivity contribution < 1.29 is 18.6 Å². The number of fused-ring (bicyclic) bond motifs is 2. The summed E-state index contributed by atoms with van der Waals surface area (Å²) in [6, 6.07) is 3.90. The standard InChI is InChI=1S/C14H13IN2O4/c1-7-10-9(3-5-18-10)6-8-2-4-13(19-11(7)8)20-12(15)14(16,17)21-13/h2-6,12H,16-17H2,1H3. The molecule has 4 rings (SSSR count). The number of ether oxygens (including phenoxy) is 3. The lowest BCUT2D eigenvalue weighted by Gasteiger charge is -2.30. The Morgan fingerprint density at radius 3 is 2.86 bits per heavy atom. The largest absolute Gasteiger partial charge is 0.464 e. The van der Waals surface area contributed by atoms with Crippen molar-refractivity contribution in [3.05, 3.63) is 35.6 Å². The number of hydrogen-bond acceptors (Lipinski definition) is 6. The second kappa shape index (κ2) is 4.20. The van der Waals surface area contributed by atoms with Gasteiger partial charge in [0.25, 0.3) is 0 Å². The Labute approximate surface area is 134 Å². The Bertz CT molecular complexity index is 770. The first-order valence-electron chi connectivity index (χ1n) is 6.39. The van der Waals surface area contributed by atoms with E-state index in [0.29, 0.717) is 5.75 Å². The molecular formula is C14H13IN2O4. The number of benzene rings is 1. The lowest BCUT2D eigenvalue weighted by Crippen LogP contribution is -2.56. The molecule has 1 spiro atoms. The van der Waals surface area contributed by atoms with E-state index in [1.165, 1.54) is 0 Å². The van der Waals surface area contributed by atoms with E-state index in [1.807, 2.05) is 47.7 Å². The zero-order chi connectivity index (χ0) is 14.8. The van der Waals surface area contributed by atoms with Crippen molar-refractivity contribution in [2.24, 2.45) is 11.5 Å². The number of hydrogen-bond donors (Lipinski definition) is 2. The molecule has 2 unspecified atom stereocenters. The smallest absolute Gasteiger partial charge is 0.353 e. The molecule has 2 aliphatic heterocycles. The predicted molar refractivity (Wildman–Crippen MR) is 84.4 cm³/mol. The maximum atomic E-state index is 5.94. The highest BCUT2D eigenvalue weighted by Crippen LogP contribution is 2.44. The number of rotatable bonds is 0. The van der Waals surface area contributed by atoms with Gasteiger partial charge in [0.1, 0.15) is 11.3 Å². The maximum Gasteiger partial charge on any atom is 0.353 e. The third kappa shape index (κ3) is 1.92. The van der Waals surface area contributed by atoms with Crippen LogP contribution in [0.3, 0.4) is 0 Å². The van der Waals surface area contributed by atoms with E-state index < -0.39 is 15.9 Å². The van der Waals surface area contributed by atoms with Crippen LogP contribution in [-0.2, 0) is 9.47 Å².